The number of hydrogen-bond acceptors (Lipinski definition) is 3. The molecule has 0 aliphatic heterocycles. The quantitative estimate of drug-likeness (QED) is 0.663. The Morgan fingerprint density at radius 1 is 1.16 bits per heavy atom. The van der Waals surface area contributed by atoms with Crippen molar-refractivity contribution < 1.29 is 14.3 Å². The number of methoxy groups -OCH3 is 2. The highest BCUT2D eigenvalue weighted by molar-refractivity contribution is 5.98. The number of benzene rings is 1. The summed E-state index contributed by atoms with van der Waals surface area (Å²) in [5.41, 5.74) is 0.709. The van der Waals surface area contributed by atoms with Crippen molar-refractivity contribution in [2.24, 2.45) is 5.92 Å². The van der Waals surface area contributed by atoms with Crippen molar-refractivity contribution in [1.82, 2.24) is 0 Å². The molecule has 0 saturated carbocycles. The van der Waals surface area contributed by atoms with Crippen molar-refractivity contribution in [3.63, 3.8) is 0 Å². The molecular formula is C16H24O3. The normalized spacial score (nSPS) is 12.0. The van der Waals surface area contributed by atoms with Gasteiger partial charge in [-0.05, 0) is 31.0 Å². The first-order valence-corrected chi connectivity index (χ1v) is 6.94. The minimum Gasteiger partial charge on any atom is -0.493 e. The summed E-state index contributed by atoms with van der Waals surface area (Å²) in [5, 5.41) is 0. The predicted molar refractivity (Wildman–Crippen MR) is 77.2 cm³/mol. The van der Waals surface area contributed by atoms with Gasteiger partial charge < -0.3 is 9.47 Å². The lowest BCUT2D eigenvalue weighted by Gasteiger charge is -2.15. The highest BCUT2D eigenvalue weighted by Crippen LogP contribution is 2.29. The zero-order valence-corrected chi connectivity index (χ0v) is 12.4. The molecule has 1 atom stereocenters. The Hall–Kier alpha value is -1.51. The van der Waals surface area contributed by atoms with Gasteiger partial charge in [0, 0.05) is 11.5 Å². The minimum atomic E-state index is 0.109. The summed E-state index contributed by atoms with van der Waals surface area (Å²) in [7, 11) is 3.18. The molecule has 1 unspecified atom stereocenters. The van der Waals surface area contributed by atoms with E-state index in [-0.39, 0.29) is 11.7 Å². The van der Waals surface area contributed by atoms with E-state index in [1.165, 1.54) is 0 Å². The number of carbonyl (C=O) groups excluding carboxylic acids is 1. The second-order valence-electron chi connectivity index (χ2n) is 4.68. The molecule has 0 aliphatic rings. The number of hydrogen-bond donors (Lipinski definition) is 0. The lowest BCUT2D eigenvalue weighted by atomic mass is 9.90. The number of Topliss-reactive ketones (excluding diaryl/α,β-unsaturated/α-hetero) is 1. The van der Waals surface area contributed by atoms with Crippen molar-refractivity contribution in [1.29, 1.82) is 0 Å². The van der Waals surface area contributed by atoms with Crippen molar-refractivity contribution in [2.45, 2.75) is 39.5 Å². The van der Waals surface area contributed by atoms with Crippen LogP contribution in [-0.2, 0) is 0 Å². The molecule has 1 aromatic carbocycles. The van der Waals surface area contributed by atoms with Crippen LogP contribution in [0.1, 0.15) is 49.9 Å². The minimum absolute atomic E-state index is 0.109. The molecule has 3 heteroatoms. The molecule has 106 valence electrons. The summed E-state index contributed by atoms with van der Waals surface area (Å²) in [6.07, 6.45) is 4.06. The molecule has 1 aromatic rings. The van der Waals surface area contributed by atoms with Gasteiger partial charge in [0.2, 0.25) is 0 Å². The summed E-state index contributed by atoms with van der Waals surface area (Å²) in [4.78, 5) is 12.5. The predicted octanol–water partition coefficient (Wildman–Crippen LogP) is 4.10. The van der Waals surface area contributed by atoms with Gasteiger partial charge in [-0.25, -0.2) is 0 Å². The van der Waals surface area contributed by atoms with Crippen LogP contribution in [0.25, 0.3) is 0 Å². The zero-order chi connectivity index (χ0) is 14.3. The lowest BCUT2D eigenvalue weighted by Crippen LogP contribution is -2.14. The second kappa shape index (κ2) is 7.82. The van der Waals surface area contributed by atoms with Gasteiger partial charge in [0.15, 0.2) is 17.3 Å². The zero-order valence-electron chi connectivity index (χ0n) is 12.4. The molecule has 3 nitrogen and oxygen atoms in total. The van der Waals surface area contributed by atoms with E-state index in [4.69, 9.17) is 9.47 Å². The van der Waals surface area contributed by atoms with Crippen LogP contribution < -0.4 is 9.47 Å². The summed E-state index contributed by atoms with van der Waals surface area (Å²) < 4.78 is 10.4. The fourth-order valence-corrected chi connectivity index (χ4v) is 2.20. The van der Waals surface area contributed by atoms with Crippen LogP contribution in [0.2, 0.25) is 0 Å². The first-order valence-electron chi connectivity index (χ1n) is 6.94. The third-order valence-electron chi connectivity index (χ3n) is 3.44. The number of rotatable bonds is 8. The molecule has 0 aliphatic carbocycles. The van der Waals surface area contributed by atoms with E-state index in [2.05, 4.69) is 13.8 Å². The van der Waals surface area contributed by atoms with Gasteiger partial charge in [-0.1, -0.05) is 26.7 Å². The maximum absolute atomic E-state index is 12.5. The van der Waals surface area contributed by atoms with Crippen LogP contribution in [0.4, 0.5) is 0 Å². The van der Waals surface area contributed by atoms with Crippen molar-refractivity contribution in [3.8, 4) is 11.5 Å². The summed E-state index contributed by atoms with van der Waals surface area (Å²) in [5.74, 6) is 1.58. The standard InChI is InChI=1S/C16H24O3/c1-5-7-8-12(6-2)16(17)13-9-10-14(18-3)15(11-13)19-4/h9-12H,5-8H2,1-4H3. The molecule has 0 radical (unpaired) electrons. The van der Waals surface area contributed by atoms with Crippen molar-refractivity contribution >= 4 is 5.78 Å². The molecule has 0 fully saturated rings. The lowest BCUT2D eigenvalue weighted by molar-refractivity contribution is 0.0908. The molecule has 0 bridgehead atoms. The number of carbonyl (C=O) groups is 1. The van der Waals surface area contributed by atoms with E-state index in [0.29, 0.717) is 17.1 Å². The van der Waals surface area contributed by atoms with Crippen LogP contribution >= 0.6 is 0 Å². The van der Waals surface area contributed by atoms with E-state index in [0.717, 1.165) is 25.7 Å². The maximum atomic E-state index is 12.5. The Kier molecular flexibility index (Phi) is 6.40. The molecule has 0 amide bonds. The molecule has 0 heterocycles. The summed E-state index contributed by atoms with van der Waals surface area (Å²) >= 11 is 0. The average molecular weight is 264 g/mol. The number of ketones is 1. The third kappa shape index (κ3) is 3.98. The number of ether oxygens (including phenoxy) is 2. The first-order chi connectivity index (χ1) is 9.17. The van der Waals surface area contributed by atoms with Gasteiger partial charge in [-0.3, -0.25) is 4.79 Å². The fourth-order valence-electron chi connectivity index (χ4n) is 2.20. The van der Waals surface area contributed by atoms with Crippen LogP contribution in [0, 0.1) is 5.92 Å². The Morgan fingerprint density at radius 2 is 1.84 bits per heavy atom. The van der Waals surface area contributed by atoms with E-state index >= 15 is 0 Å². The van der Waals surface area contributed by atoms with Crippen LogP contribution in [0.3, 0.4) is 0 Å². The molecule has 0 spiro atoms. The third-order valence-corrected chi connectivity index (χ3v) is 3.44. The second-order valence-corrected chi connectivity index (χ2v) is 4.68. The van der Waals surface area contributed by atoms with Gasteiger partial charge >= 0.3 is 0 Å². The topological polar surface area (TPSA) is 35.5 Å². The summed E-state index contributed by atoms with van der Waals surface area (Å²) in [6, 6.07) is 5.38. The Balaban J connectivity index is 2.91. The Bertz CT molecular complexity index is 412. The highest BCUT2D eigenvalue weighted by atomic mass is 16.5. The smallest absolute Gasteiger partial charge is 0.166 e. The van der Waals surface area contributed by atoms with Gasteiger partial charge in [0.1, 0.15) is 0 Å². The van der Waals surface area contributed by atoms with E-state index in [1.54, 1.807) is 26.4 Å². The van der Waals surface area contributed by atoms with Crippen LogP contribution in [0.15, 0.2) is 18.2 Å². The van der Waals surface area contributed by atoms with Crippen molar-refractivity contribution in [3.05, 3.63) is 23.8 Å². The molecule has 1 rings (SSSR count). The van der Waals surface area contributed by atoms with Gasteiger partial charge in [-0.15, -0.1) is 0 Å². The fraction of sp³-hybridized carbons (Fsp3) is 0.562. The Morgan fingerprint density at radius 3 is 2.37 bits per heavy atom. The van der Waals surface area contributed by atoms with Crippen molar-refractivity contribution in [2.75, 3.05) is 14.2 Å². The van der Waals surface area contributed by atoms with E-state index < -0.39 is 0 Å². The van der Waals surface area contributed by atoms with Crippen LogP contribution in [-0.4, -0.2) is 20.0 Å². The average Bonchev–Trinajstić information content (AvgIpc) is 2.46. The molecule has 0 aromatic heterocycles. The molecule has 0 N–H and O–H groups in total. The molecular weight excluding hydrogens is 240 g/mol. The molecule has 0 saturated heterocycles. The highest BCUT2D eigenvalue weighted by Gasteiger charge is 2.19. The Labute approximate surface area is 115 Å². The SMILES string of the molecule is CCCCC(CC)C(=O)c1ccc(OC)c(OC)c1. The number of unbranched alkanes of at least 4 members (excludes halogenated alkanes) is 1. The van der Waals surface area contributed by atoms with E-state index in [9.17, 15) is 4.79 Å². The molecule has 19 heavy (non-hydrogen) atoms. The first kappa shape index (κ1) is 15.5. The van der Waals surface area contributed by atoms with E-state index in [1.807, 2.05) is 6.07 Å². The van der Waals surface area contributed by atoms with Gasteiger partial charge in [0.05, 0.1) is 14.2 Å². The van der Waals surface area contributed by atoms with Gasteiger partial charge in [-0.2, -0.15) is 0 Å². The largest absolute Gasteiger partial charge is 0.493 e. The monoisotopic (exact) mass is 264 g/mol. The summed E-state index contributed by atoms with van der Waals surface area (Å²) in [6.45, 7) is 4.21. The van der Waals surface area contributed by atoms with Crippen LogP contribution in [0.5, 0.6) is 11.5 Å². The maximum Gasteiger partial charge on any atom is 0.166 e. The van der Waals surface area contributed by atoms with Gasteiger partial charge in [0.25, 0.3) is 0 Å².